The molecule has 0 bridgehead atoms. The second kappa shape index (κ2) is 4.23. The van der Waals surface area contributed by atoms with Crippen molar-refractivity contribution in [2.24, 2.45) is 0 Å². The van der Waals surface area contributed by atoms with Crippen LogP contribution < -0.4 is 3.58 Å². The summed E-state index contributed by atoms with van der Waals surface area (Å²) in [6, 6.07) is 15.3. The van der Waals surface area contributed by atoms with Crippen molar-refractivity contribution in [3.63, 3.8) is 0 Å². The molecule has 0 atom stereocenters. The maximum atomic E-state index is 4.52. The fourth-order valence-electron chi connectivity index (χ4n) is 2.32. The fraction of sp³-hybridized carbons (Fsp3) is 0.188. The predicted molar refractivity (Wildman–Crippen MR) is 82.2 cm³/mol. The normalized spacial score (nSPS) is 12.2. The molecule has 3 rings (SSSR count). The van der Waals surface area contributed by atoms with Crippen molar-refractivity contribution in [3.8, 4) is 0 Å². The van der Waals surface area contributed by atoms with Crippen molar-refractivity contribution < 1.29 is 0 Å². The molecule has 0 spiro atoms. The van der Waals surface area contributed by atoms with Gasteiger partial charge in [-0.25, -0.2) is 0 Å². The van der Waals surface area contributed by atoms with Crippen LogP contribution in [0.5, 0.6) is 0 Å². The van der Waals surface area contributed by atoms with Crippen molar-refractivity contribution in [2.45, 2.75) is 14.8 Å². The van der Waals surface area contributed by atoms with Crippen molar-refractivity contribution in [1.29, 1.82) is 0 Å². The summed E-state index contributed by atoms with van der Waals surface area (Å²) in [5.74, 6) is 0. The van der Waals surface area contributed by atoms with Crippen molar-refractivity contribution in [1.82, 2.24) is 4.98 Å². The molecule has 0 saturated heterocycles. The Morgan fingerprint density at radius 1 is 0.889 bits per heavy atom. The van der Waals surface area contributed by atoms with E-state index >= 15 is 0 Å². The Labute approximate surface area is 112 Å². The SMILES string of the molecule is [CH3][Sn]([CH3])([CH3])[c]1ccc2cnc3ccccc3c2c1. The predicted octanol–water partition coefficient (Wildman–Crippen LogP) is 3.93. The summed E-state index contributed by atoms with van der Waals surface area (Å²) in [6.45, 7) is 0. The van der Waals surface area contributed by atoms with Crippen LogP contribution in [0.2, 0.25) is 14.8 Å². The summed E-state index contributed by atoms with van der Waals surface area (Å²) in [7, 11) is 0. The average Bonchev–Trinajstić information content (AvgIpc) is 2.37. The van der Waals surface area contributed by atoms with E-state index in [0.29, 0.717) is 0 Å². The molecule has 2 heteroatoms. The molecule has 0 aliphatic heterocycles. The first-order valence-corrected chi connectivity index (χ1v) is 16.3. The molecule has 90 valence electrons. The van der Waals surface area contributed by atoms with Gasteiger partial charge in [0.1, 0.15) is 0 Å². The van der Waals surface area contributed by atoms with E-state index in [9.17, 15) is 0 Å². The van der Waals surface area contributed by atoms with Crippen LogP contribution in [0.1, 0.15) is 0 Å². The Bertz CT molecular complexity index is 726. The van der Waals surface area contributed by atoms with Gasteiger partial charge in [-0.2, -0.15) is 0 Å². The number of pyridine rings is 1. The second-order valence-corrected chi connectivity index (χ2v) is 20.3. The van der Waals surface area contributed by atoms with Crippen LogP contribution in [-0.4, -0.2) is 23.4 Å². The maximum absolute atomic E-state index is 4.52. The van der Waals surface area contributed by atoms with Gasteiger partial charge in [0.25, 0.3) is 0 Å². The molecule has 0 amide bonds. The minimum atomic E-state index is -1.99. The van der Waals surface area contributed by atoms with Crippen molar-refractivity contribution in [2.75, 3.05) is 0 Å². The Morgan fingerprint density at radius 3 is 2.44 bits per heavy atom. The van der Waals surface area contributed by atoms with E-state index in [1.807, 2.05) is 12.3 Å². The van der Waals surface area contributed by atoms with E-state index in [1.165, 1.54) is 16.2 Å². The molecule has 0 aliphatic carbocycles. The average molecular weight is 342 g/mol. The van der Waals surface area contributed by atoms with Crippen LogP contribution in [0.3, 0.4) is 0 Å². The molecule has 18 heavy (non-hydrogen) atoms. The quantitative estimate of drug-likeness (QED) is 0.482. The van der Waals surface area contributed by atoms with Gasteiger partial charge < -0.3 is 0 Å². The summed E-state index contributed by atoms with van der Waals surface area (Å²) >= 11 is -1.99. The molecule has 0 fully saturated rings. The van der Waals surface area contributed by atoms with E-state index in [0.717, 1.165) is 5.52 Å². The molecule has 0 unspecified atom stereocenters. The molecule has 1 aromatic heterocycles. The van der Waals surface area contributed by atoms with E-state index in [1.54, 1.807) is 3.58 Å². The molecular formula is C16H17NSn. The van der Waals surface area contributed by atoms with E-state index < -0.39 is 18.4 Å². The van der Waals surface area contributed by atoms with E-state index in [2.05, 4.69) is 56.2 Å². The molecule has 0 N–H and O–H groups in total. The molecule has 1 heterocycles. The summed E-state index contributed by atoms with van der Waals surface area (Å²) in [6.07, 6.45) is 1.99. The zero-order valence-electron chi connectivity index (χ0n) is 11.1. The van der Waals surface area contributed by atoms with Gasteiger partial charge in [-0.15, -0.1) is 0 Å². The number of nitrogens with zero attached hydrogens (tertiary/aromatic N) is 1. The number of fused-ring (bicyclic) bond motifs is 3. The Morgan fingerprint density at radius 2 is 1.67 bits per heavy atom. The van der Waals surface area contributed by atoms with E-state index in [4.69, 9.17) is 0 Å². The Balaban J connectivity index is 2.40. The summed E-state index contributed by atoms with van der Waals surface area (Å²) < 4.78 is 1.58. The number of hydrogen-bond acceptors (Lipinski definition) is 1. The zero-order chi connectivity index (χ0) is 12.8. The van der Waals surface area contributed by atoms with Gasteiger partial charge in [0, 0.05) is 0 Å². The Hall–Kier alpha value is -1.09. The summed E-state index contributed by atoms with van der Waals surface area (Å²) in [4.78, 5) is 11.9. The van der Waals surface area contributed by atoms with Gasteiger partial charge in [-0.1, -0.05) is 0 Å². The zero-order valence-corrected chi connectivity index (χ0v) is 13.9. The molecule has 3 aromatic rings. The van der Waals surface area contributed by atoms with Crippen LogP contribution in [-0.2, 0) is 0 Å². The number of para-hydroxylation sites is 1. The summed E-state index contributed by atoms with van der Waals surface area (Å²) in [5.41, 5.74) is 1.09. The first-order chi connectivity index (χ1) is 8.55. The van der Waals surface area contributed by atoms with Crippen LogP contribution >= 0.6 is 0 Å². The molecule has 0 aliphatic rings. The third kappa shape index (κ3) is 2.01. The third-order valence-electron chi connectivity index (χ3n) is 3.46. The first kappa shape index (κ1) is 12.0. The number of rotatable bonds is 1. The van der Waals surface area contributed by atoms with Crippen LogP contribution in [0, 0.1) is 0 Å². The van der Waals surface area contributed by atoms with E-state index in [-0.39, 0.29) is 0 Å². The molecular weight excluding hydrogens is 325 g/mol. The molecule has 1 nitrogen and oxygen atoms in total. The summed E-state index contributed by atoms with van der Waals surface area (Å²) in [5, 5.41) is 3.87. The standard InChI is InChI=1S/C13H8N.3CH3.Sn/c1-2-6-11-10(5-1)9-14-13-8-4-3-7-12(11)13;;;;/h1,3-9H;3*1H3;. The van der Waals surface area contributed by atoms with Gasteiger partial charge in [0.2, 0.25) is 0 Å². The third-order valence-corrected chi connectivity index (χ3v) is 9.29. The second-order valence-electron chi connectivity index (χ2n) is 5.83. The van der Waals surface area contributed by atoms with Crippen LogP contribution in [0.4, 0.5) is 0 Å². The van der Waals surface area contributed by atoms with Gasteiger partial charge >= 0.3 is 112 Å². The van der Waals surface area contributed by atoms with Crippen molar-refractivity contribution in [3.05, 3.63) is 48.7 Å². The van der Waals surface area contributed by atoms with Gasteiger partial charge in [-0.3, -0.25) is 0 Å². The van der Waals surface area contributed by atoms with Gasteiger partial charge in [0.05, 0.1) is 0 Å². The number of benzene rings is 2. The van der Waals surface area contributed by atoms with Crippen LogP contribution in [0.15, 0.2) is 48.7 Å². The Kier molecular flexibility index (Phi) is 2.81. The monoisotopic (exact) mass is 343 g/mol. The fourth-order valence-corrected chi connectivity index (χ4v) is 5.63. The molecule has 0 saturated carbocycles. The minimum absolute atomic E-state index is 1.09. The topological polar surface area (TPSA) is 12.9 Å². The van der Waals surface area contributed by atoms with Gasteiger partial charge in [-0.05, 0) is 0 Å². The molecule has 0 radical (unpaired) electrons. The number of aromatic nitrogens is 1. The number of hydrogen-bond donors (Lipinski definition) is 0. The van der Waals surface area contributed by atoms with Crippen LogP contribution in [0.25, 0.3) is 21.7 Å². The van der Waals surface area contributed by atoms with Gasteiger partial charge in [0.15, 0.2) is 0 Å². The molecule has 2 aromatic carbocycles. The van der Waals surface area contributed by atoms with Crippen molar-refractivity contribution >= 4 is 43.6 Å². The first-order valence-electron chi connectivity index (χ1n) is 6.34.